The summed E-state index contributed by atoms with van der Waals surface area (Å²) in [7, 11) is 0. The van der Waals surface area contributed by atoms with Gasteiger partial charge >= 0.3 is 0 Å². The van der Waals surface area contributed by atoms with Crippen LogP contribution >= 0.6 is 0 Å². The van der Waals surface area contributed by atoms with E-state index in [1.165, 1.54) is 12.1 Å². The summed E-state index contributed by atoms with van der Waals surface area (Å²) in [6.45, 7) is 0. The molecule has 1 saturated carbocycles. The van der Waals surface area contributed by atoms with E-state index in [1.54, 1.807) is 12.1 Å². The van der Waals surface area contributed by atoms with Gasteiger partial charge < -0.3 is 0 Å². The van der Waals surface area contributed by atoms with Crippen LogP contribution in [0.3, 0.4) is 0 Å². The predicted octanol–water partition coefficient (Wildman–Crippen LogP) is 2.01. The molecule has 1 atom stereocenters. The Morgan fingerprint density at radius 2 is 2.12 bits per heavy atom. The number of halogens is 1. The molecule has 80 valence electrons. The van der Waals surface area contributed by atoms with Gasteiger partial charge in [0, 0.05) is 6.04 Å². The predicted molar refractivity (Wildman–Crippen MR) is 55.6 cm³/mol. The first kappa shape index (κ1) is 10.6. The third-order valence-electron chi connectivity index (χ3n) is 2.55. The van der Waals surface area contributed by atoms with E-state index in [0.29, 0.717) is 11.6 Å². The fraction of sp³-hybridized carbons (Fsp3) is 0.333. The maximum atomic E-state index is 13.1. The largest absolute Gasteiger partial charge is 0.295 e. The molecule has 2 rings (SSSR count). The minimum absolute atomic E-state index is 0.0182. The van der Waals surface area contributed by atoms with Crippen molar-refractivity contribution in [3.8, 4) is 12.1 Å². The molecule has 4 heteroatoms. The quantitative estimate of drug-likeness (QED) is 0.839. The van der Waals surface area contributed by atoms with Gasteiger partial charge in [-0.15, -0.1) is 0 Å². The third kappa shape index (κ3) is 2.18. The molecule has 1 N–H and O–H groups in total. The molecule has 1 fully saturated rings. The molecular weight excluding hydrogens is 205 g/mol. The van der Waals surface area contributed by atoms with E-state index in [2.05, 4.69) is 11.4 Å². The van der Waals surface area contributed by atoms with Crippen LogP contribution in [0.25, 0.3) is 0 Å². The lowest BCUT2D eigenvalue weighted by atomic mass is 10.0. The first-order valence-corrected chi connectivity index (χ1v) is 5.10. The normalized spacial score (nSPS) is 16.2. The maximum Gasteiger partial charge on any atom is 0.140 e. The van der Waals surface area contributed by atoms with Crippen LogP contribution in [0.15, 0.2) is 18.2 Å². The number of hydrogen-bond acceptors (Lipinski definition) is 3. The van der Waals surface area contributed by atoms with Crippen molar-refractivity contribution in [1.29, 1.82) is 10.5 Å². The highest BCUT2D eigenvalue weighted by Crippen LogP contribution is 2.24. The summed E-state index contributed by atoms with van der Waals surface area (Å²) in [5.41, 5.74) is 0.627. The van der Waals surface area contributed by atoms with Crippen LogP contribution in [0.5, 0.6) is 0 Å². The fourth-order valence-corrected chi connectivity index (χ4v) is 1.50. The van der Waals surface area contributed by atoms with Gasteiger partial charge in [0.2, 0.25) is 0 Å². The van der Waals surface area contributed by atoms with Gasteiger partial charge in [0.1, 0.15) is 17.9 Å². The molecule has 0 aromatic heterocycles. The number of nitriles is 2. The van der Waals surface area contributed by atoms with Crippen LogP contribution in [-0.2, 0) is 0 Å². The Balaban J connectivity index is 2.24. The number of rotatable bonds is 3. The van der Waals surface area contributed by atoms with E-state index in [-0.39, 0.29) is 5.56 Å². The molecule has 0 heterocycles. The number of hydrogen-bond donors (Lipinski definition) is 1. The summed E-state index contributed by atoms with van der Waals surface area (Å²) in [6, 6.07) is 8.02. The van der Waals surface area contributed by atoms with E-state index in [4.69, 9.17) is 10.5 Å². The molecule has 1 aromatic carbocycles. The third-order valence-corrected chi connectivity index (χ3v) is 2.55. The van der Waals surface area contributed by atoms with E-state index in [0.717, 1.165) is 12.8 Å². The van der Waals surface area contributed by atoms with Crippen LogP contribution in [-0.4, -0.2) is 6.04 Å². The van der Waals surface area contributed by atoms with E-state index in [1.807, 2.05) is 0 Å². The van der Waals surface area contributed by atoms with Crippen LogP contribution in [0, 0.1) is 28.5 Å². The highest BCUT2D eigenvalue weighted by Gasteiger charge is 2.25. The summed E-state index contributed by atoms with van der Waals surface area (Å²) in [5, 5.41) is 20.8. The molecular formula is C12H10FN3. The number of nitrogens with zero attached hydrogens (tertiary/aromatic N) is 2. The minimum atomic E-state index is -0.547. The zero-order valence-corrected chi connectivity index (χ0v) is 8.57. The number of nitrogens with one attached hydrogen (secondary N) is 1. The Kier molecular flexibility index (Phi) is 2.85. The van der Waals surface area contributed by atoms with Crippen molar-refractivity contribution in [2.24, 2.45) is 0 Å². The van der Waals surface area contributed by atoms with Crippen molar-refractivity contribution in [3.05, 3.63) is 35.1 Å². The smallest absolute Gasteiger partial charge is 0.140 e. The average molecular weight is 215 g/mol. The molecule has 1 aliphatic carbocycles. The Hall–Kier alpha value is -1.91. The van der Waals surface area contributed by atoms with Gasteiger partial charge in [-0.3, -0.25) is 5.32 Å². The van der Waals surface area contributed by atoms with Crippen LogP contribution in [0.2, 0.25) is 0 Å². The van der Waals surface area contributed by atoms with Crippen molar-refractivity contribution in [3.63, 3.8) is 0 Å². The monoisotopic (exact) mass is 215 g/mol. The second-order valence-corrected chi connectivity index (χ2v) is 3.85. The van der Waals surface area contributed by atoms with E-state index in [9.17, 15) is 4.39 Å². The fourth-order valence-electron chi connectivity index (χ4n) is 1.50. The highest BCUT2D eigenvalue weighted by molar-refractivity contribution is 5.37. The zero-order chi connectivity index (χ0) is 11.5. The van der Waals surface area contributed by atoms with Crippen LogP contribution < -0.4 is 5.32 Å². The second kappa shape index (κ2) is 4.30. The van der Waals surface area contributed by atoms with Gasteiger partial charge in [-0.1, -0.05) is 6.07 Å². The molecule has 0 amide bonds. The Bertz CT molecular complexity index is 480. The van der Waals surface area contributed by atoms with Crippen molar-refractivity contribution in [2.45, 2.75) is 24.9 Å². The molecule has 0 aliphatic heterocycles. The van der Waals surface area contributed by atoms with E-state index >= 15 is 0 Å². The summed E-state index contributed by atoms with van der Waals surface area (Å²) in [4.78, 5) is 0. The molecule has 16 heavy (non-hydrogen) atoms. The lowest BCUT2D eigenvalue weighted by molar-refractivity contribution is 0.609. The summed E-state index contributed by atoms with van der Waals surface area (Å²) >= 11 is 0. The minimum Gasteiger partial charge on any atom is -0.295 e. The topological polar surface area (TPSA) is 59.6 Å². The molecule has 1 aliphatic rings. The Labute approximate surface area is 93.1 Å². The molecule has 0 spiro atoms. The summed E-state index contributed by atoms with van der Waals surface area (Å²) in [6.07, 6.45) is 2.15. The van der Waals surface area contributed by atoms with Gasteiger partial charge in [-0.05, 0) is 30.5 Å². The molecule has 0 radical (unpaired) electrons. The Morgan fingerprint density at radius 1 is 1.38 bits per heavy atom. The summed E-state index contributed by atoms with van der Waals surface area (Å²) in [5.74, 6) is -0.547. The van der Waals surface area contributed by atoms with Crippen LogP contribution in [0.1, 0.15) is 30.0 Å². The van der Waals surface area contributed by atoms with Gasteiger partial charge in [-0.25, -0.2) is 4.39 Å². The maximum absolute atomic E-state index is 13.1. The molecule has 3 nitrogen and oxygen atoms in total. The van der Waals surface area contributed by atoms with Crippen molar-refractivity contribution in [2.75, 3.05) is 0 Å². The van der Waals surface area contributed by atoms with Crippen molar-refractivity contribution < 1.29 is 4.39 Å². The SMILES string of the molecule is N#Cc1cc(C(C#N)NC2CC2)ccc1F. The van der Waals surface area contributed by atoms with Crippen LogP contribution in [0.4, 0.5) is 4.39 Å². The zero-order valence-electron chi connectivity index (χ0n) is 8.57. The first-order valence-electron chi connectivity index (χ1n) is 5.10. The van der Waals surface area contributed by atoms with Gasteiger partial charge in [0.25, 0.3) is 0 Å². The van der Waals surface area contributed by atoms with Gasteiger partial charge in [-0.2, -0.15) is 10.5 Å². The first-order chi connectivity index (χ1) is 7.74. The van der Waals surface area contributed by atoms with E-state index < -0.39 is 11.9 Å². The molecule has 1 aromatic rings. The summed E-state index contributed by atoms with van der Waals surface area (Å²) < 4.78 is 13.1. The van der Waals surface area contributed by atoms with Gasteiger partial charge in [0.05, 0.1) is 11.6 Å². The Morgan fingerprint density at radius 3 is 2.69 bits per heavy atom. The van der Waals surface area contributed by atoms with Crippen molar-refractivity contribution in [1.82, 2.24) is 5.32 Å². The van der Waals surface area contributed by atoms with Crippen molar-refractivity contribution >= 4 is 0 Å². The average Bonchev–Trinajstić information content (AvgIpc) is 3.11. The second-order valence-electron chi connectivity index (χ2n) is 3.85. The highest BCUT2D eigenvalue weighted by atomic mass is 19.1. The molecule has 0 saturated heterocycles. The molecule has 1 unspecified atom stereocenters. The standard InChI is InChI=1S/C12H10FN3/c13-11-4-1-8(5-9(11)6-14)12(7-15)16-10-2-3-10/h1,4-5,10,12,16H,2-3H2. The number of benzene rings is 1. The lowest BCUT2D eigenvalue weighted by Gasteiger charge is -2.11. The lowest BCUT2D eigenvalue weighted by Crippen LogP contribution is -2.22. The van der Waals surface area contributed by atoms with Gasteiger partial charge in [0.15, 0.2) is 0 Å². The molecule has 0 bridgehead atoms.